The highest BCUT2D eigenvalue weighted by Gasteiger charge is 2.22. The van der Waals surface area contributed by atoms with E-state index in [1.165, 1.54) is 23.0 Å². The van der Waals surface area contributed by atoms with E-state index < -0.39 is 0 Å². The van der Waals surface area contributed by atoms with Crippen molar-refractivity contribution >= 4 is 23.5 Å². The fraction of sp³-hybridized carbons (Fsp3) is 1.00. The molecule has 2 atom stereocenters. The average Bonchev–Trinajstić information content (AvgIpc) is 2.89. The Kier molecular flexibility index (Phi) is 3.63. The molecule has 0 aromatic carbocycles. The number of hydrogen-bond donors (Lipinski definition) is 0. The van der Waals surface area contributed by atoms with Gasteiger partial charge in [-0.25, -0.2) is 0 Å². The van der Waals surface area contributed by atoms with E-state index in [0.717, 1.165) is 13.2 Å². The van der Waals surface area contributed by atoms with Crippen LogP contribution in [0.25, 0.3) is 0 Å². The van der Waals surface area contributed by atoms with Crippen LogP contribution in [-0.2, 0) is 9.47 Å². The second kappa shape index (κ2) is 4.74. The molecule has 0 radical (unpaired) electrons. The number of epoxide rings is 2. The lowest BCUT2D eigenvalue weighted by Crippen LogP contribution is -1.95. The molecule has 2 unspecified atom stereocenters. The van der Waals surface area contributed by atoms with Gasteiger partial charge in [0, 0.05) is 23.0 Å². The van der Waals surface area contributed by atoms with Crippen LogP contribution >= 0.6 is 23.5 Å². The molecule has 0 N–H and O–H groups in total. The van der Waals surface area contributed by atoms with Crippen LogP contribution in [0.3, 0.4) is 0 Å². The van der Waals surface area contributed by atoms with Crippen molar-refractivity contribution in [3.63, 3.8) is 0 Å². The van der Waals surface area contributed by atoms with Gasteiger partial charge in [-0.1, -0.05) is 0 Å². The minimum absolute atomic E-state index is 0.590. The Balaban J connectivity index is 1.31. The summed E-state index contributed by atoms with van der Waals surface area (Å²) in [5, 5.41) is 0. The Labute approximate surface area is 81.8 Å². The minimum atomic E-state index is 0.590. The largest absolute Gasteiger partial charge is 0.372 e. The third-order valence-electron chi connectivity index (χ3n) is 1.78. The van der Waals surface area contributed by atoms with Crippen LogP contribution in [-0.4, -0.2) is 48.4 Å². The molecule has 2 aliphatic rings. The molecule has 70 valence electrons. The molecule has 0 aromatic rings. The van der Waals surface area contributed by atoms with Crippen LogP contribution in [0.15, 0.2) is 0 Å². The summed E-state index contributed by atoms with van der Waals surface area (Å²) in [6, 6.07) is 0. The Morgan fingerprint density at radius 2 is 1.33 bits per heavy atom. The minimum Gasteiger partial charge on any atom is -0.372 e. The molecule has 2 saturated heterocycles. The molecule has 0 aliphatic carbocycles. The van der Waals surface area contributed by atoms with Crippen LogP contribution in [0.2, 0.25) is 0 Å². The van der Waals surface area contributed by atoms with Gasteiger partial charge in [0.2, 0.25) is 0 Å². The maximum Gasteiger partial charge on any atom is 0.0900 e. The lowest BCUT2D eigenvalue weighted by atomic mass is 10.6. The van der Waals surface area contributed by atoms with Crippen molar-refractivity contribution in [2.45, 2.75) is 12.2 Å². The Bertz CT molecular complexity index is 119. The van der Waals surface area contributed by atoms with Crippen molar-refractivity contribution in [2.75, 3.05) is 36.2 Å². The standard InChI is InChI=1S/C8H14O2S2/c1(11-5-7-3-9-7)2-12-6-8-4-10-8/h7-8H,1-6H2. The molecule has 0 bridgehead atoms. The van der Waals surface area contributed by atoms with Crippen molar-refractivity contribution in [1.82, 2.24) is 0 Å². The van der Waals surface area contributed by atoms with Gasteiger partial charge >= 0.3 is 0 Å². The van der Waals surface area contributed by atoms with Crippen LogP contribution < -0.4 is 0 Å². The van der Waals surface area contributed by atoms with E-state index in [1.807, 2.05) is 23.5 Å². The van der Waals surface area contributed by atoms with Crippen LogP contribution in [0.5, 0.6) is 0 Å². The van der Waals surface area contributed by atoms with Crippen molar-refractivity contribution in [3.8, 4) is 0 Å². The molecule has 2 nitrogen and oxygen atoms in total. The summed E-state index contributed by atoms with van der Waals surface area (Å²) in [5.41, 5.74) is 0. The van der Waals surface area contributed by atoms with Gasteiger partial charge in [-0.2, -0.15) is 23.5 Å². The summed E-state index contributed by atoms with van der Waals surface area (Å²) in [6.07, 6.45) is 1.18. The first-order chi connectivity index (χ1) is 5.95. The second-order valence-corrected chi connectivity index (χ2v) is 5.36. The van der Waals surface area contributed by atoms with Crippen LogP contribution in [0.1, 0.15) is 0 Å². The SMILES string of the molecule is C(CSCC1CO1)SCC1CO1. The molecule has 0 saturated carbocycles. The molecule has 12 heavy (non-hydrogen) atoms. The van der Waals surface area contributed by atoms with Gasteiger partial charge in [0.1, 0.15) is 0 Å². The molecule has 4 heteroatoms. The quantitative estimate of drug-likeness (QED) is 0.462. The van der Waals surface area contributed by atoms with Crippen molar-refractivity contribution < 1.29 is 9.47 Å². The van der Waals surface area contributed by atoms with E-state index >= 15 is 0 Å². The summed E-state index contributed by atoms with van der Waals surface area (Å²) < 4.78 is 10.2. The number of thioether (sulfide) groups is 2. The smallest absolute Gasteiger partial charge is 0.0900 e. The predicted octanol–water partition coefficient (Wildman–Crippen LogP) is 1.25. The summed E-state index contributed by atoms with van der Waals surface area (Å²) in [4.78, 5) is 0. The number of rotatable bonds is 7. The zero-order chi connectivity index (χ0) is 8.23. The zero-order valence-corrected chi connectivity index (χ0v) is 8.66. The second-order valence-electron chi connectivity index (χ2n) is 3.06. The van der Waals surface area contributed by atoms with Gasteiger partial charge in [-0.3, -0.25) is 0 Å². The first-order valence-corrected chi connectivity index (χ1v) is 6.65. The van der Waals surface area contributed by atoms with E-state index in [4.69, 9.17) is 9.47 Å². The maximum absolute atomic E-state index is 5.12. The van der Waals surface area contributed by atoms with E-state index in [-0.39, 0.29) is 0 Å². The summed E-state index contributed by atoms with van der Waals surface area (Å²) in [7, 11) is 0. The predicted molar refractivity (Wildman–Crippen MR) is 54.1 cm³/mol. The van der Waals surface area contributed by atoms with Gasteiger partial charge < -0.3 is 9.47 Å². The Hall–Kier alpha value is 0.620. The van der Waals surface area contributed by atoms with E-state index in [1.54, 1.807) is 0 Å². The Morgan fingerprint density at radius 1 is 0.917 bits per heavy atom. The fourth-order valence-corrected chi connectivity index (χ4v) is 3.06. The van der Waals surface area contributed by atoms with E-state index in [2.05, 4.69) is 0 Å². The van der Waals surface area contributed by atoms with Crippen LogP contribution in [0, 0.1) is 0 Å². The highest BCUT2D eigenvalue weighted by atomic mass is 32.2. The number of hydrogen-bond acceptors (Lipinski definition) is 4. The molecule has 2 fully saturated rings. The first-order valence-electron chi connectivity index (χ1n) is 4.34. The summed E-state index contributed by atoms with van der Waals surface area (Å²) >= 11 is 4.02. The van der Waals surface area contributed by atoms with Gasteiger partial charge in [0.15, 0.2) is 0 Å². The van der Waals surface area contributed by atoms with Crippen molar-refractivity contribution in [2.24, 2.45) is 0 Å². The normalized spacial score (nSPS) is 32.0. The highest BCUT2D eigenvalue weighted by molar-refractivity contribution is 8.02. The average molecular weight is 206 g/mol. The highest BCUT2D eigenvalue weighted by Crippen LogP contribution is 2.19. The molecule has 2 aliphatic heterocycles. The van der Waals surface area contributed by atoms with Gasteiger partial charge in [-0.05, 0) is 0 Å². The molecular weight excluding hydrogens is 192 g/mol. The summed E-state index contributed by atoms with van der Waals surface area (Å²) in [5.74, 6) is 4.91. The van der Waals surface area contributed by atoms with Crippen molar-refractivity contribution in [3.05, 3.63) is 0 Å². The van der Waals surface area contributed by atoms with Gasteiger partial charge in [0.05, 0.1) is 25.4 Å². The fourth-order valence-electron chi connectivity index (χ4n) is 0.876. The monoisotopic (exact) mass is 206 g/mol. The molecule has 2 rings (SSSR count). The van der Waals surface area contributed by atoms with Crippen molar-refractivity contribution in [1.29, 1.82) is 0 Å². The van der Waals surface area contributed by atoms with Gasteiger partial charge in [-0.15, -0.1) is 0 Å². The zero-order valence-electron chi connectivity index (χ0n) is 7.03. The Morgan fingerprint density at radius 3 is 1.67 bits per heavy atom. The molecule has 0 spiro atoms. The topological polar surface area (TPSA) is 25.1 Å². The van der Waals surface area contributed by atoms with E-state index in [9.17, 15) is 0 Å². The molecular formula is C8H14O2S2. The molecule has 0 amide bonds. The molecule has 2 heterocycles. The lowest BCUT2D eigenvalue weighted by molar-refractivity contribution is 0.426. The third-order valence-corrected chi connectivity index (χ3v) is 4.24. The maximum atomic E-state index is 5.12. The van der Waals surface area contributed by atoms with Crippen LogP contribution in [0.4, 0.5) is 0 Å². The third kappa shape index (κ3) is 4.03. The van der Waals surface area contributed by atoms with Gasteiger partial charge in [0.25, 0.3) is 0 Å². The summed E-state index contributed by atoms with van der Waals surface area (Å²) in [6.45, 7) is 1.99. The first kappa shape index (κ1) is 9.19. The lowest BCUT2D eigenvalue weighted by Gasteiger charge is -1.98. The van der Waals surface area contributed by atoms with E-state index in [0.29, 0.717) is 12.2 Å². The molecule has 0 aromatic heterocycles. The number of ether oxygens (including phenoxy) is 2.